The lowest BCUT2D eigenvalue weighted by Crippen LogP contribution is -2.26. The van der Waals surface area contributed by atoms with Crippen LogP contribution in [0.2, 0.25) is 0 Å². The number of aliphatic carboxylic acids is 1. The van der Waals surface area contributed by atoms with Crippen LogP contribution in [0, 0.1) is 6.92 Å². The summed E-state index contributed by atoms with van der Waals surface area (Å²) >= 11 is 1.33. The number of nitrogens with one attached hydrogen (secondary N) is 2. The average molecular weight is 342 g/mol. The van der Waals surface area contributed by atoms with E-state index >= 15 is 0 Å². The van der Waals surface area contributed by atoms with Crippen LogP contribution in [-0.2, 0) is 14.3 Å². The molecule has 0 unspecified atom stereocenters. The van der Waals surface area contributed by atoms with E-state index in [2.05, 4.69) is 10.6 Å². The minimum atomic E-state index is -0.806. The largest absolute Gasteiger partial charge is 0.481 e. The number of hydrogen-bond donors (Lipinski definition) is 3. The summed E-state index contributed by atoms with van der Waals surface area (Å²) in [5.74, 6) is -1.36. The third kappa shape index (κ3) is 7.25. The number of unbranched alkanes of at least 4 members (excludes halogenated alkanes) is 2. The maximum atomic E-state index is 12.2. The molecule has 0 bridgehead atoms. The van der Waals surface area contributed by atoms with Gasteiger partial charge in [-0.25, -0.2) is 0 Å². The first-order valence-electron chi connectivity index (χ1n) is 7.33. The fourth-order valence-electron chi connectivity index (χ4n) is 1.94. The van der Waals surface area contributed by atoms with Crippen LogP contribution in [-0.4, -0.2) is 43.2 Å². The fourth-order valence-corrected chi connectivity index (χ4v) is 2.87. The van der Waals surface area contributed by atoms with Crippen molar-refractivity contribution in [2.24, 2.45) is 0 Å². The van der Waals surface area contributed by atoms with Crippen LogP contribution in [0.25, 0.3) is 0 Å². The summed E-state index contributed by atoms with van der Waals surface area (Å²) in [5, 5.41) is 14.5. The first-order chi connectivity index (χ1) is 10.9. The Bertz CT molecular complexity index is 556. The first kappa shape index (κ1) is 19.1. The number of carbonyl (C=O) groups is 3. The number of carboxylic acid groups (broad SMARTS) is 1. The zero-order valence-electron chi connectivity index (χ0n) is 13.3. The minimum Gasteiger partial charge on any atom is -0.481 e. The SMILES string of the molecule is COCC(=O)Nc1sc(C)cc1C(=O)NCCCCCC(=O)O. The summed E-state index contributed by atoms with van der Waals surface area (Å²) in [4.78, 5) is 35.1. The highest BCUT2D eigenvalue weighted by molar-refractivity contribution is 7.16. The normalized spacial score (nSPS) is 10.3. The summed E-state index contributed by atoms with van der Waals surface area (Å²) < 4.78 is 4.75. The second-order valence-corrected chi connectivity index (χ2v) is 6.30. The molecule has 0 aliphatic rings. The Labute approximate surface area is 139 Å². The van der Waals surface area contributed by atoms with Crippen molar-refractivity contribution >= 4 is 34.1 Å². The lowest BCUT2D eigenvalue weighted by Gasteiger charge is -2.07. The standard InChI is InChI=1S/C15H22N2O5S/c1-10-8-11(15(23-10)17-12(18)9-22-2)14(21)16-7-5-3-4-6-13(19)20/h8H,3-7,9H2,1-2H3,(H,16,21)(H,17,18)(H,19,20). The van der Waals surface area contributed by atoms with Gasteiger partial charge in [-0.2, -0.15) is 0 Å². The summed E-state index contributed by atoms with van der Waals surface area (Å²) in [5.41, 5.74) is 0.433. The molecule has 0 saturated carbocycles. The van der Waals surface area contributed by atoms with E-state index in [1.807, 2.05) is 6.92 Å². The minimum absolute atomic E-state index is 0.0679. The number of rotatable bonds is 10. The Morgan fingerprint density at radius 3 is 2.65 bits per heavy atom. The molecule has 2 amide bonds. The number of anilines is 1. The van der Waals surface area contributed by atoms with Gasteiger partial charge in [0.2, 0.25) is 0 Å². The number of thiophene rings is 1. The molecule has 7 nitrogen and oxygen atoms in total. The number of carbonyl (C=O) groups excluding carboxylic acids is 2. The van der Waals surface area contributed by atoms with Gasteiger partial charge >= 0.3 is 5.97 Å². The lowest BCUT2D eigenvalue weighted by atomic mass is 10.2. The van der Waals surface area contributed by atoms with E-state index in [-0.39, 0.29) is 24.8 Å². The number of amides is 2. The molecule has 0 aliphatic heterocycles. The van der Waals surface area contributed by atoms with Gasteiger partial charge in [-0.05, 0) is 25.8 Å². The van der Waals surface area contributed by atoms with Gasteiger partial charge in [-0.15, -0.1) is 11.3 Å². The zero-order valence-corrected chi connectivity index (χ0v) is 14.1. The van der Waals surface area contributed by atoms with E-state index in [9.17, 15) is 14.4 Å². The molecule has 0 radical (unpaired) electrons. The molecule has 0 saturated heterocycles. The van der Waals surface area contributed by atoms with Crippen LogP contribution in [0.5, 0.6) is 0 Å². The lowest BCUT2D eigenvalue weighted by molar-refractivity contribution is -0.137. The van der Waals surface area contributed by atoms with Gasteiger partial charge in [0.15, 0.2) is 0 Å². The first-order valence-corrected chi connectivity index (χ1v) is 8.15. The van der Waals surface area contributed by atoms with Crippen LogP contribution >= 0.6 is 11.3 Å². The molecule has 0 spiro atoms. The van der Waals surface area contributed by atoms with Crippen LogP contribution in [0.3, 0.4) is 0 Å². The van der Waals surface area contributed by atoms with E-state index < -0.39 is 5.97 Å². The maximum absolute atomic E-state index is 12.2. The predicted octanol–water partition coefficient (Wildman–Crippen LogP) is 2.02. The third-order valence-electron chi connectivity index (χ3n) is 2.98. The molecule has 23 heavy (non-hydrogen) atoms. The van der Waals surface area contributed by atoms with Crippen LogP contribution in [0.1, 0.15) is 40.9 Å². The molecular formula is C15H22N2O5S. The highest BCUT2D eigenvalue weighted by Gasteiger charge is 2.16. The van der Waals surface area contributed by atoms with Gasteiger partial charge in [0.25, 0.3) is 11.8 Å². The molecule has 0 aromatic carbocycles. The van der Waals surface area contributed by atoms with Crippen molar-refractivity contribution in [2.45, 2.75) is 32.6 Å². The molecule has 3 N–H and O–H groups in total. The predicted molar refractivity (Wildman–Crippen MR) is 88.0 cm³/mol. The maximum Gasteiger partial charge on any atom is 0.303 e. The quantitative estimate of drug-likeness (QED) is 0.564. The Hall–Kier alpha value is -1.93. The van der Waals surface area contributed by atoms with E-state index in [1.54, 1.807) is 6.07 Å². The van der Waals surface area contributed by atoms with Gasteiger partial charge in [-0.1, -0.05) is 6.42 Å². The van der Waals surface area contributed by atoms with Crippen molar-refractivity contribution in [3.05, 3.63) is 16.5 Å². The van der Waals surface area contributed by atoms with Crippen molar-refractivity contribution in [1.82, 2.24) is 5.32 Å². The molecule has 1 aromatic heterocycles. The van der Waals surface area contributed by atoms with E-state index in [0.29, 0.717) is 30.0 Å². The second kappa shape index (κ2) is 9.96. The molecule has 1 rings (SSSR count). The van der Waals surface area contributed by atoms with Gasteiger partial charge < -0.3 is 20.5 Å². The number of ether oxygens (including phenoxy) is 1. The molecule has 0 aliphatic carbocycles. The highest BCUT2D eigenvalue weighted by atomic mass is 32.1. The monoisotopic (exact) mass is 342 g/mol. The third-order valence-corrected chi connectivity index (χ3v) is 3.95. The Balaban J connectivity index is 2.46. The van der Waals surface area contributed by atoms with Gasteiger partial charge in [0.05, 0.1) is 5.56 Å². The fraction of sp³-hybridized carbons (Fsp3) is 0.533. The molecule has 1 aromatic rings. The summed E-state index contributed by atoms with van der Waals surface area (Å²) in [6.07, 6.45) is 2.20. The number of carboxylic acids is 1. The van der Waals surface area contributed by atoms with Crippen LogP contribution in [0.4, 0.5) is 5.00 Å². The van der Waals surface area contributed by atoms with Crippen molar-refractivity contribution in [1.29, 1.82) is 0 Å². The highest BCUT2D eigenvalue weighted by Crippen LogP contribution is 2.27. The number of aryl methyl sites for hydroxylation is 1. The van der Waals surface area contributed by atoms with Crippen LogP contribution < -0.4 is 10.6 Å². The molecule has 1 heterocycles. The Morgan fingerprint density at radius 1 is 1.26 bits per heavy atom. The van der Waals surface area contributed by atoms with E-state index in [0.717, 1.165) is 11.3 Å². The Morgan fingerprint density at radius 2 is 2.00 bits per heavy atom. The van der Waals surface area contributed by atoms with Crippen molar-refractivity contribution in [3.8, 4) is 0 Å². The Kier molecular flexibility index (Phi) is 8.28. The molecule has 128 valence electrons. The van der Waals surface area contributed by atoms with Crippen molar-refractivity contribution < 1.29 is 24.2 Å². The molecule has 8 heteroatoms. The van der Waals surface area contributed by atoms with Crippen LogP contribution in [0.15, 0.2) is 6.07 Å². The van der Waals surface area contributed by atoms with Crippen molar-refractivity contribution in [2.75, 3.05) is 25.6 Å². The smallest absolute Gasteiger partial charge is 0.303 e. The zero-order chi connectivity index (χ0) is 17.2. The van der Waals surface area contributed by atoms with Gasteiger partial charge in [0, 0.05) is 25.0 Å². The molecule has 0 atom stereocenters. The van der Waals surface area contributed by atoms with Crippen molar-refractivity contribution in [3.63, 3.8) is 0 Å². The van der Waals surface area contributed by atoms with Gasteiger partial charge in [0.1, 0.15) is 11.6 Å². The molecule has 0 fully saturated rings. The average Bonchev–Trinajstić information content (AvgIpc) is 2.83. The van der Waals surface area contributed by atoms with E-state index in [4.69, 9.17) is 9.84 Å². The molecular weight excluding hydrogens is 320 g/mol. The summed E-state index contributed by atoms with van der Waals surface area (Å²) in [6.45, 7) is 2.26. The topological polar surface area (TPSA) is 105 Å². The number of hydrogen-bond acceptors (Lipinski definition) is 5. The summed E-state index contributed by atoms with van der Waals surface area (Å²) in [7, 11) is 1.43. The second-order valence-electron chi connectivity index (χ2n) is 5.04. The number of methoxy groups -OCH3 is 1. The van der Waals surface area contributed by atoms with E-state index in [1.165, 1.54) is 18.4 Å². The summed E-state index contributed by atoms with van der Waals surface area (Å²) in [6, 6.07) is 1.73. The van der Waals surface area contributed by atoms with Gasteiger partial charge in [-0.3, -0.25) is 14.4 Å².